The number of nitro benzene ring substituents is 2. The number of nitro groups is 2. The Kier molecular flexibility index (Phi) is 5.03. The quantitative estimate of drug-likeness (QED) is 0.440. The Morgan fingerprint density at radius 2 is 1.43 bits per heavy atom. The minimum Gasteiger partial charge on any atom is -0.490 e. The van der Waals surface area contributed by atoms with E-state index in [2.05, 4.69) is 0 Å². The summed E-state index contributed by atoms with van der Waals surface area (Å²) in [6, 6.07) is 8.54. The molecule has 0 spiro atoms. The van der Waals surface area contributed by atoms with Crippen LogP contribution in [0.1, 0.15) is 0 Å². The van der Waals surface area contributed by atoms with Crippen LogP contribution in [0, 0.1) is 26.0 Å². The molecule has 0 bridgehead atoms. The smallest absolute Gasteiger partial charge is 0.272 e. The Hall–Kier alpha value is -3.23. The van der Waals surface area contributed by atoms with Crippen LogP contribution in [0.4, 0.5) is 15.8 Å². The van der Waals surface area contributed by atoms with E-state index in [1.165, 1.54) is 30.3 Å². The number of ether oxygens (including phenoxy) is 2. The summed E-state index contributed by atoms with van der Waals surface area (Å²) in [5.41, 5.74) is -0.418. The molecule has 9 heteroatoms. The minimum absolute atomic E-state index is 0.00567. The summed E-state index contributed by atoms with van der Waals surface area (Å²) in [6.07, 6.45) is 0. The molecular formula is C14H11FN2O6. The molecule has 0 heterocycles. The second-order valence-electron chi connectivity index (χ2n) is 4.32. The third kappa shape index (κ3) is 4.37. The lowest BCUT2D eigenvalue weighted by Gasteiger charge is -2.08. The van der Waals surface area contributed by atoms with Crippen molar-refractivity contribution in [1.29, 1.82) is 0 Å². The van der Waals surface area contributed by atoms with Crippen molar-refractivity contribution in [3.63, 3.8) is 0 Å². The van der Waals surface area contributed by atoms with Gasteiger partial charge in [0.25, 0.3) is 11.4 Å². The number of nitrogens with zero attached hydrogens (tertiary/aromatic N) is 2. The zero-order chi connectivity index (χ0) is 16.8. The molecule has 0 N–H and O–H groups in total. The zero-order valence-corrected chi connectivity index (χ0v) is 11.7. The van der Waals surface area contributed by atoms with Crippen LogP contribution in [0.15, 0.2) is 42.5 Å². The molecule has 0 radical (unpaired) electrons. The number of hydrogen-bond acceptors (Lipinski definition) is 6. The van der Waals surface area contributed by atoms with Gasteiger partial charge in [-0.3, -0.25) is 20.2 Å². The molecule has 0 saturated heterocycles. The van der Waals surface area contributed by atoms with Gasteiger partial charge in [-0.2, -0.15) is 0 Å². The van der Waals surface area contributed by atoms with Crippen LogP contribution in [0.5, 0.6) is 11.5 Å². The molecule has 2 aromatic carbocycles. The van der Waals surface area contributed by atoms with Crippen LogP contribution in [0.25, 0.3) is 0 Å². The molecule has 120 valence electrons. The van der Waals surface area contributed by atoms with E-state index in [0.29, 0.717) is 5.75 Å². The van der Waals surface area contributed by atoms with Gasteiger partial charge >= 0.3 is 0 Å². The fourth-order valence-electron chi connectivity index (χ4n) is 1.70. The molecule has 0 amide bonds. The van der Waals surface area contributed by atoms with E-state index >= 15 is 0 Å². The maximum Gasteiger partial charge on any atom is 0.272 e. The first-order valence-corrected chi connectivity index (χ1v) is 6.41. The summed E-state index contributed by atoms with van der Waals surface area (Å²) in [6.45, 7) is 0.0833. The van der Waals surface area contributed by atoms with Crippen molar-refractivity contribution >= 4 is 11.4 Å². The highest BCUT2D eigenvalue weighted by Crippen LogP contribution is 2.22. The zero-order valence-electron chi connectivity index (χ0n) is 11.7. The number of hydrogen-bond donors (Lipinski definition) is 0. The molecule has 2 aromatic rings. The van der Waals surface area contributed by atoms with Gasteiger partial charge in [-0.05, 0) is 18.2 Å². The molecule has 0 aliphatic heterocycles. The predicted molar refractivity (Wildman–Crippen MR) is 77.1 cm³/mol. The van der Waals surface area contributed by atoms with Gasteiger partial charge in [0.05, 0.1) is 15.9 Å². The van der Waals surface area contributed by atoms with Crippen molar-refractivity contribution in [2.24, 2.45) is 0 Å². The van der Waals surface area contributed by atoms with E-state index in [4.69, 9.17) is 9.47 Å². The normalized spacial score (nSPS) is 10.1. The van der Waals surface area contributed by atoms with Gasteiger partial charge in [0.1, 0.15) is 19.0 Å². The van der Waals surface area contributed by atoms with E-state index in [1.54, 1.807) is 0 Å². The van der Waals surface area contributed by atoms with E-state index in [1.807, 2.05) is 0 Å². The summed E-state index contributed by atoms with van der Waals surface area (Å²) < 4.78 is 24.0. The predicted octanol–water partition coefficient (Wildman–Crippen LogP) is 3.10. The summed E-state index contributed by atoms with van der Waals surface area (Å²) >= 11 is 0. The highest BCUT2D eigenvalue weighted by atomic mass is 19.1. The molecule has 0 aromatic heterocycles. The summed E-state index contributed by atoms with van der Waals surface area (Å²) in [7, 11) is 0. The van der Waals surface area contributed by atoms with Crippen LogP contribution in [-0.4, -0.2) is 23.1 Å². The largest absolute Gasteiger partial charge is 0.490 e. The molecule has 0 unspecified atom stereocenters. The molecule has 8 nitrogen and oxygen atoms in total. The third-order valence-corrected chi connectivity index (χ3v) is 2.78. The first-order valence-electron chi connectivity index (χ1n) is 6.41. The fraction of sp³-hybridized carbons (Fsp3) is 0.143. The van der Waals surface area contributed by atoms with Gasteiger partial charge in [-0.1, -0.05) is 0 Å². The van der Waals surface area contributed by atoms with Gasteiger partial charge in [-0.15, -0.1) is 0 Å². The van der Waals surface area contributed by atoms with Gasteiger partial charge in [0.2, 0.25) is 0 Å². The fourth-order valence-corrected chi connectivity index (χ4v) is 1.70. The van der Waals surface area contributed by atoms with Gasteiger partial charge < -0.3 is 9.47 Å². The van der Waals surface area contributed by atoms with Crippen molar-refractivity contribution in [2.45, 2.75) is 0 Å². The van der Waals surface area contributed by atoms with Crippen molar-refractivity contribution < 1.29 is 23.7 Å². The first-order chi connectivity index (χ1) is 11.0. The summed E-state index contributed by atoms with van der Waals surface area (Å²) in [4.78, 5) is 19.8. The number of rotatable bonds is 7. The molecule has 0 fully saturated rings. The molecule has 23 heavy (non-hydrogen) atoms. The summed E-state index contributed by atoms with van der Waals surface area (Å²) in [5, 5.41) is 21.0. The Morgan fingerprint density at radius 1 is 0.870 bits per heavy atom. The third-order valence-electron chi connectivity index (χ3n) is 2.78. The standard InChI is InChI=1S/C14H11FN2O6/c15-13-9-11(17(20)21)3-6-14(13)23-8-7-22-12-4-1-10(2-5-12)16(18)19/h1-6,9H,7-8H2. The lowest BCUT2D eigenvalue weighted by molar-refractivity contribution is -0.385. The Labute approximate surface area is 129 Å². The molecule has 0 aliphatic rings. The Balaban J connectivity index is 1.83. The van der Waals surface area contributed by atoms with Crippen molar-refractivity contribution in [3.8, 4) is 11.5 Å². The van der Waals surface area contributed by atoms with Crippen LogP contribution in [0.2, 0.25) is 0 Å². The van der Waals surface area contributed by atoms with E-state index in [-0.39, 0.29) is 30.3 Å². The lowest BCUT2D eigenvalue weighted by atomic mass is 10.3. The maximum atomic E-state index is 13.5. The highest BCUT2D eigenvalue weighted by molar-refractivity contribution is 5.38. The van der Waals surface area contributed by atoms with Gasteiger partial charge in [0, 0.05) is 18.2 Å². The monoisotopic (exact) mass is 322 g/mol. The van der Waals surface area contributed by atoms with Crippen molar-refractivity contribution in [2.75, 3.05) is 13.2 Å². The lowest BCUT2D eigenvalue weighted by Crippen LogP contribution is -2.09. The van der Waals surface area contributed by atoms with E-state index in [0.717, 1.165) is 12.1 Å². The topological polar surface area (TPSA) is 105 Å². The minimum atomic E-state index is -0.838. The number of halogens is 1. The van der Waals surface area contributed by atoms with E-state index in [9.17, 15) is 24.6 Å². The van der Waals surface area contributed by atoms with Crippen molar-refractivity contribution in [3.05, 3.63) is 68.5 Å². The average Bonchev–Trinajstić information content (AvgIpc) is 2.53. The van der Waals surface area contributed by atoms with Crippen molar-refractivity contribution in [1.82, 2.24) is 0 Å². The Morgan fingerprint density at radius 3 is 2.00 bits per heavy atom. The molecule has 0 aliphatic carbocycles. The molecule has 0 saturated carbocycles. The second kappa shape index (κ2) is 7.16. The van der Waals surface area contributed by atoms with Crippen LogP contribution < -0.4 is 9.47 Å². The van der Waals surface area contributed by atoms with E-state index < -0.39 is 15.7 Å². The number of non-ortho nitro benzene ring substituents is 2. The molecule has 0 atom stereocenters. The number of benzene rings is 2. The summed E-state index contributed by atoms with van der Waals surface area (Å²) in [5.74, 6) is -0.555. The highest BCUT2D eigenvalue weighted by Gasteiger charge is 2.11. The van der Waals surface area contributed by atoms with Crippen LogP contribution in [-0.2, 0) is 0 Å². The van der Waals surface area contributed by atoms with Gasteiger partial charge in [0.15, 0.2) is 11.6 Å². The first kappa shape index (κ1) is 16.1. The Bertz CT molecular complexity index is 720. The second-order valence-corrected chi connectivity index (χ2v) is 4.32. The average molecular weight is 322 g/mol. The van der Waals surface area contributed by atoms with Crippen LogP contribution >= 0.6 is 0 Å². The van der Waals surface area contributed by atoms with Crippen LogP contribution in [0.3, 0.4) is 0 Å². The molecular weight excluding hydrogens is 311 g/mol. The maximum absolute atomic E-state index is 13.5. The van der Waals surface area contributed by atoms with Gasteiger partial charge in [-0.25, -0.2) is 4.39 Å². The SMILES string of the molecule is O=[N+]([O-])c1ccc(OCCOc2ccc([N+](=O)[O-])cc2F)cc1. The molecule has 2 rings (SSSR count).